The van der Waals surface area contributed by atoms with E-state index >= 15 is 0 Å². The first-order chi connectivity index (χ1) is 9.81. The first kappa shape index (κ1) is 13.7. The first-order valence-corrected chi connectivity index (χ1v) is 7.66. The molecule has 2 N–H and O–H groups in total. The molecule has 0 radical (unpaired) electrons. The van der Waals surface area contributed by atoms with E-state index in [1.54, 1.807) is 0 Å². The summed E-state index contributed by atoms with van der Waals surface area (Å²) in [6.07, 6.45) is 4.83. The zero-order valence-corrected chi connectivity index (χ0v) is 12.0. The number of hydrogen-bond acceptors (Lipinski definition) is 4. The largest absolute Gasteiger partial charge is 0.491 e. The normalized spacial score (nSPS) is 26.8. The Morgan fingerprint density at radius 2 is 2.25 bits per heavy atom. The van der Waals surface area contributed by atoms with Gasteiger partial charge in [0.15, 0.2) is 0 Å². The SMILES string of the molecule is NC1CCCN(c2cccc(OCC3CCCO3)c2)C1. The maximum absolute atomic E-state index is 6.05. The van der Waals surface area contributed by atoms with Crippen molar-refractivity contribution in [1.82, 2.24) is 0 Å². The van der Waals surface area contributed by atoms with Crippen LogP contribution in [0.15, 0.2) is 24.3 Å². The topological polar surface area (TPSA) is 47.7 Å². The van der Waals surface area contributed by atoms with Gasteiger partial charge >= 0.3 is 0 Å². The number of nitrogens with zero attached hydrogens (tertiary/aromatic N) is 1. The fourth-order valence-electron chi connectivity index (χ4n) is 2.98. The van der Waals surface area contributed by atoms with E-state index in [4.69, 9.17) is 15.2 Å². The van der Waals surface area contributed by atoms with Crippen molar-refractivity contribution < 1.29 is 9.47 Å². The van der Waals surface area contributed by atoms with E-state index < -0.39 is 0 Å². The maximum Gasteiger partial charge on any atom is 0.121 e. The van der Waals surface area contributed by atoms with Gasteiger partial charge in [0, 0.05) is 37.5 Å². The summed E-state index contributed by atoms with van der Waals surface area (Å²) < 4.78 is 11.4. The monoisotopic (exact) mass is 276 g/mol. The molecule has 110 valence electrons. The molecule has 2 unspecified atom stereocenters. The van der Waals surface area contributed by atoms with Crippen molar-refractivity contribution in [2.75, 3.05) is 31.2 Å². The van der Waals surface area contributed by atoms with Crippen molar-refractivity contribution in [2.45, 2.75) is 37.8 Å². The third-order valence-electron chi connectivity index (χ3n) is 4.10. The van der Waals surface area contributed by atoms with Crippen molar-refractivity contribution in [3.8, 4) is 5.75 Å². The molecule has 1 aromatic rings. The molecule has 1 aromatic carbocycles. The highest BCUT2D eigenvalue weighted by atomic mass is 16.5. The van der Waals surface area contributed by atoms with Gasteiger partial charge < -0.3 is 20.1 Å². The van der Waals surface area contributed by atoms with Crippen molar-refractivity contribution >= 4 is 5.69 Å². The minimum atomic E-state index is 0.266. The highest BCUT2D eigenvalue weighted by Crippen LogP contribution is 2.24. The lowest BCUT2D eigenvalue weighted by molar-refractivity contribution is 0.0679. The lowest BCUT2D eigenvalue weighted by Gasteiger charge is -2.32. The van der Waals surface area contributed by atoms with Gasteiger partial charge in [0.1, 0.15) is 12.4 Å². The molecule has 2 saturated heterocycles. The second-order valence-electron chi connectivity index (χ2n) is 5.79. The van der Waals surface area contributed by atoms with E-state index in [2.05, 4.69) is 23.1 Å². The van der Waals surface area contributed by atoms with Crippen LogP contribution in [0.1, 0.15) is 25.7 Å². The Hall–Kier alpha value is -1.26. The lowest BCUT2D eigenvalue weighted by Crippen LogP contribution is -2.42. The average molecular weight is 276 g/mol. The van der Waals surface area contributed by atoms with Crippen LogP contribution < -0.4 is 15.4 Å². The van der Waals surface area contributed by atoms with Crippen molar-refractivity contribution in [2.24, 2.45) is 5.73 Å². The molecule has 0 spiro atoms. The number of anilines is 1. The molecule has 4 heteroatoms. The number of rotatable bonds is 4. The smallest absolute Gasteiger partial charge is 0.121 e. The van der Waals surface area contributed by atoms with Gasteiger partial charge in [0.25, 0.3) is 0 Å². The van der Waals surface area contributed by atoms with Crippen LogP contribution in [0.3, 0.4) is 0 Å². The zero-order valence-electron chi connectivity index (χ0n) is 12.0. The summed E-state index contributed by atoms with van der Waals surface area (Å²) in [5.41, 5.74) is 7.27. The summed E-state index contributed by atoms with van der Waals surface area (Å²) in [4.78, 5) is 2.35. The molecule has 0 aliphatic carbocycles. The number of nitrogens with two attached hydrogens (primary N) is 1. The first-order valence-electron chi connectivity index (χ1n) is 7.66. The average Bonchev–Trinajstić information content (AvgIpc) is 2.99. The third-order valence-corrected chi connectivity index (χ3v) is 4.10. The van der Waals surface area contributed by atoms with Gasteiger partial charge in [0.2, 0.25) is 0 Å². The predicted octanol–water partition coefficient (Wildman–Crippen LogP) is 2.17. The molecule has 2 aliphatic rings. The Morgan fingerprint density at radius 1 is 1.30 bits per heavy atom. The fourth-order valence-corrected chi connectivity index (χ4v) is 2.98. The summed E-state index contributed by atoms with van der Waals surface area (Å²) in [6.45, 7) is 3.56. The summed E-state index contributed by atoms with van der Waals surface area (Å²) in [6, 6.07) is 8.62. The van der Waals surface area contributed by atoms with Gasteiger partial charge in [-0.05, 0) is 37.8 Å². The minimum absolute atomic E-state index is 0.266. The molecule has 20 heavy (non-hydrogen) atoms. The number of ether oxygens (including phenoxy) is 2. The highest BCUT2D eigenvalue weighted by Gasteiger charge is 2.18. The predicted molar refractivity (Wildman–Crippen MR) is 80.3 cm³/mol. The van der Waals surface area contributed by atoms with Crippen LogP contribution in [-0.4, -0.2) is 38.4 Å². The number of hydrogen-bond donors (Lipinski definition) is 1. The molecule has 2 aliphatic heterocycles. The van der Waals surface area contributed by atoms with Gasteiger partial charge in [-0.2, -0.15) is 0 Å². The van der Waals surface area contributed by atoms with Crippen LogP contribution in [-0.2, 0) is 4.74 Å². The van der Waals surface area contributed by atoms with Crippen LogP contribution in [0, 0.1) is 0 Å². The van der Waals surface area contributed by atoms with Gasteiger partial charge in [-0.15, -0.1) is 0 Å². The van der Waals surface area contributed by atoms with Crippen molar-refractivity contribution in [1.29, 1.82) is 0 Å². The Balaban J connectivity index is 1.59. The fraction of sp³-hybridized carbons (Fsp3) is 0.625. The van der Waals surface area contributed by atoms with E-state index in [0.717, 1.165) is 44.7 Å². The van der Waals surface area contributed by atoms with Crippen LogP contribution in [0.2, 0.25) is 0 Å². The van der Waals surface area contributed by atoms with Crippen LogP contribution in [0.4, 0.5) is 5.69 Å². The van der Waals surface area contributed by atoms with E-state index in [1.165, 1.54) is 12.1 Å². The lowest BCUT2D eigenvalue weighted by atomic mass is 10.1. The molecule has 0 amide bonds. The van der Waals surface area contributed by atoms with Crippen LogP contribution in [0.5, 0.6) is 5.75 Å². The Labute approximate surface area is 120 Å². The molecule has 3 rings (SSSR count). The molecule has 4 nitrogen and oxygen atoms in total. The molecule has 2 fully saturated rings. The number of benzene rings is 1. The molecular weight excluding hydrogens is 252 g/mol. The molecule has 0 bridgehead atoms. The van der Waals surface area contributed by atoms with Crippen LogP contribution >= 0.6 is 0 Å². The maximum atomic E-state index is 6.05. The van der Waals surface area contributed by atoms with Gasteiger partial charge in [0.05, 0.1) is 6.10 Å². The molecule has 0 saturated carbocycles. The quantitative estimate of drug-likeness (QED) is 0.915. The minimum Gasteiger partial charge on any atom is -0.491 e. The highest BCUT2D eigenvalue weighted by molar-refractivity contribution is 5.51. The van der Waals surface area contributed by atoms with Crippen molar-refractivity contribution in [3.63, 3.8) is 0 Å². The number of piperidine rings is 1. The van der Waals surface area contributed by atoms with E-state index in [0.29, 0.717) is 12.6 Å². The van der Waals surface area contributed by atoms with Gasteiger partial charge in [-0.25, -0.2) is 0 Å². The van der Waals surface area contributed by atoms with Crippen molar-refractivity contribution in [3.05, 3.63) is 24.3 Å². The second-order valence-corrected chi connectivity index (χ2v) is 5.79. The molecular formula is C16H24N2O2. The summed E-state index contributed by atoms with van der Waals surface area (Å²) in [7, 11) is 0. The van der Waals surface area contributed by atoms with Crippen LogP contribution in [0.25, 0.3) is 0 Å². The van der Waals surface area contributed by atoms with Gasteiger partial charge in [-0.1, -0.05) is 6.07 Å². The molecule has 0 aromatic heterocycles. The van der Waals surface area contributed by atoms with E-state index in [9.17, 15) is 0 Å². The Bertz CT molecular complexity index is 432. The second kappa shape index (κ2) is 6.46. The Kier molecular flexibility index (Phi) is 4.43. The van der Waals surface area contributed by atoms with Gasteiger partial charge in [-0.3, -0.25) is 0 Å². The third kappa shape index (κ3) is 3.44. The summed E-state index contributed by atoms with van der Waals surface area (Å²) >= 11 is 0. The Morgan fingerprint density at radius 3 is 3.05 bits per heavy atom. The summed E-state index contributed by atoms with van der Waals surface area (Å²) in [5.74, 6) is 0.928. The zero-order chi connectivity index (χ0) is 13.8. The van der Waals surface area contributed by atoms with E-state index in [-0.39, 0.29) is 6.10 Å². The van der Waals surface area contributed by atoms with E-state index in [1.807, 2.05) is 6.07 Å². The standard InChI is InChI=1S/C16H24N2O2/c17-13-4-2-8-18(11-13)14-5-1-6-15(10-14)20-12-16-7-3-9-19-16/h1,5-6,10,13,16H,2-4,7-9,11-12,17H2. The summed E-state index contributed by atoms with van der Waals surface area (Å²) in [5, 5.41) is 0. The molecule has 2 atom stereocenters. The molecule has 2 heterocycles.